The van der Waals surface area contributed by atoms with Gasteiger partial charge in [-0.2, -0.15) is 15.1 Å². The number of hydrogen-bond donors (Lipinski definition) is 3. The van der Waals surface area contributed by atoms with Crippen LogP contribution in [0.4, 0.5) is 15.9 Å². The number of rotatable bonds is 4. The van der Waals surface area contributed by atoms with Gasteiger partial charge in [-0.1, -0.05) is 0 Å². The monoisotopic (exact) mass is 459 g/mol. The molecule has 1 aromatic carbocycles. The van der Waals surface area contributed by atoms with E-state index in [-0.39, 0.29) is 23.3 Å². The average molecular weight is 459 g/mol. The molecule has 7 rings (SSSR count). The van der Waals surface area contributed by atoms with Crippen molar-refractivity contribution >= 4 is 39.1 Å². The van der Waals surface area contributed by atoms with Gasteiger partial charge < -0.3 is 25.7 Å². The molecule has 11 heteroatoms. The molecule has 1 saturated carbocycles. The molecular formula is C23H22FN9O. The summed E-state index contributed by atoms with van der Waals surface area (Å²) in [6.07, 6.45) is 7.16. The molecule has 172 valence electrons. The van der Waals surface area contributed by atoms with Gasteiger partial charge in [-0.05, 0) is 25.0 Å². The number of benzene rings is 1. The minimum atomic E-state index is -0.330. The van der Waals surface area contributed by atoms with Gasteiger partial charge in [0.15, 0.2) is 11.4 Å². The normalized spacial score (nSPS) is 19.0. The number of halogens is 1. The van der Waals surface area contributed by atoms with E-state index in [4.69, 9.17) is 15.5 Å². The maximum atomic E-state index is 14.5. The fourth-order valence-corrected chi connectivity index (χ4v) is 5.22. The summed E-state index contributed by atoms with van der Waals surface area (Å²) in [5, 5.41) is 8.74. The Morgan fingerprint density at radius 2 is 2.18 bits per heavy atom. The second kappa shape index (κ2) is 6.76. The van der Waals surface area contributed by atoms with Gasteiger partial charge in [-0.15, -0.1) is 0 Å². The van der Waals surface area contributed by atoms with E-state index in [0.717, 1.165) is 42.2 Å². The van der Waals surface area contributed by atoms with Gasteiger partial charge in [0.25, 0.3) is 0 Å². The third-order valence-electron chi connectivity index (χ3n) is 7.24. The van der Waals surface area contributed by atoms with E-state index in [0.29, 0.717) is 28.5 Å². The first-order valence-electron chi connectivity index (χ1n) is 11.2. The van der Waals surface area contributed by atoms with Crippen LogP contribution < -0.4 is 20.7 Å². The molecule has 2 fully saturated rings. The molecule has 10 nitrogen and oxygen atoms in total. The minimum absolute atomic E-state index is 0.140. The lowest BCUT2D eigenvalue weighted by atomic mass is 9.60. The summed E-state index contributed by atoms with van der Waals surface area (Å²) >= 11 is 0. The van der Waals surface area contributed by atoms with E-state index in [1.54, 1.807) is 36.2 Å². The van der Waals surface area contributed by atoms with Crippen molar-refractivity contribution in [3.63, 3.8) is 0 Å². The zero-order valence-electron chi connectivity index (χ0n) is 18.4. The fraction of sp³-hybridized carbons (Fsp3) is 0.304. The molecule has 1 aliphatic carbocycles. The Bertz CT molecular complexity index is 1590. The van der Waals surface area contributed by atoms with Crippen LogP contribution in [0.2, 0.25) is 0 Å². The minimum Gasteiger partial charge on any atom is -0.421 e. The SMILES string of the molecule is CNc1cc(F)cc2c1[nH]c1nc(Oc3cnc4ccnn4c3)nc(N3CC4(CCC4N)C3)c12. The van der Waals surface area contributed by atoms with Crippen LogP contribution >= 0.6 is 0 Å². The second-order valence-electron chi connectivity index (χ2n) is 9.19. The summed E-state index contributed by atoms with van der Waals surface area (Å²) in [7, 11) is 1.76. The van der Waals surface area contributed by atoms with E-state index in [1.807, 2.05) is 0 Å². The first kappa shape index (κ1) is 19.5. The highest BCUT2D eigenvalue weighted by atomic mass is 19.1. The van der Waals surface area contributed by atoms with Crippen LogP contribution in [-0.4, -0.2) is 55.7 Å². The van der Waals surface area contributed by atoms with Crippen molar-refractivity contribution in [2.24, 2.45) is 11.1 Å². The van der Waals surface area contributed by atoms with Crippen LogP contribution in [0.5, 0.6) is 11.8 Å². The molecule has 0 radical (unpaired) electrons. The summed E-state index contributed by atoms with van der Waals surface area (Å²) in [6, 6.07) is 5.16. The summed E-state index contributed by atoms with van der Waals surface area (Å²) in [4.78, 5) is 19.2. The first-order valence-corrected chi connectivity index (χ1v) is 11.2. The molecule has 1 saturated heterocycles. The van der Waals surface area contributed by atoms with Crippen LogP contribution in [0.3, 0.4) is 0 Å². The number of H-pyrrole nitrogens is 1. The van der Waals surface area contributed by atoms with Crippen LogP contribution in [0.15, 0.2) is 36.8 Å². The van der Waals surface area contributed by atoms with Crippen molar-refractivity contribution in [3.05, 3.63) is 42.6 Å². The van der Waals surface area contributed by atoms with Gasteiger partial charge in [-0.3, -0.25) is 0 Å². The fourth-order valence-electron chi connectivity index (χ4n) is 5.22. The summed E-state index contributed by atoms with van der Waals surface area (Å²) in [5.41, 5.74) is 9.15. The van der Waals surface area contributed by atoms with Gasteiger partial charge in [0.2, 0.25) is 0 Å². The van der Waals surface area contributed by atoms with Gasteiger partial charge in [0.05, 0.1) is 35.2 Å². The lowest BCUT2D eigenvalue weighted by Crippen LogP contribution is -2.69. The number of nitrogens with two attached hydrogens (primary N) is 1. The molecule has 0 amide bonds. The van der Waals surface area contributed by atoms with E-state index >= 15 is 0 Å². The highest BCUT2D eigenvalue weighted by Gasteiger charge is 2.53. The zero-order valence-corrected chi connectivity index (χ0v) is 18.4. The van der Waals surface area contributed by atoms with Crippen LogP contribution in [0.25, 0.3) is 27.6 Å². The molecule has 2 aliphatic rings. The van der Waals surface area contributed by atoms with E-state index < -0.39 is 0 Å². The molecule has 4 N–H and O–H groups in total. The predicted molar refractivity (Wildman–Crippen MR) is 126 cm³/mol. The number of nitrogens with zero attached hydrogens (tertiary/aromatic N) is 6. The van der Waals surface area contributed by atoms with Crippen molar-refractivity contribution < 1.29 is 9.13 Å². The average Bonchev–Trinajstić information content (AvgIpc) is 3.40. The molecule has 34 heavy (non-hydrogen) atoms. The Morgan fingerprint density at radius 1 is 1.29 bits per heavy atom. The van der Waals surface area contributed by atoms with Crippen LogP contribution in [0, 0.1) is 11.2 Å². The number of fused-ring (bicyclic) bond motifs is 4. The Morgan fingerprint density at radius 3 is 2.94 bits per heavy atom. The summed E-state index contributed by atoms with van der Waals surface area (Å²) in [6.45, 7) is 1.61. The lowest BCUT2D eigenvalue weighted by Gasteiger charge is -2.60. The number of ether oxygens (including phenoxy) is 1. The zero-order chi connectivity index (χ0) is 23.0. The van der Waals surface area contributed by atoms with Gasteiger partial charge in [-0.25, -0.2) is 13.9 Å². The van der Waals surface area contributed by atoms with Gasteiger partial charge in [0.1, 0.15) is 17.3 Å². The van der Waals surface area contributed by atoms with Gasteiger partial charge in [0, 0.05) is 43.0 Å². The molecule has 1 unspecified atom stereocenters. The Balaban J connectivity index is 1.37. The molecule has 1 spiro atoms. The molecule has 1 aliphatic heterocycles. The third-order valence-corrected chi connectivity index (χ3v) is 7.24. The number of hydrogen-bond acceptors (Lipinski definition) is 8. The van der Waals surface area contributed by atoms with Gasteiger partial charge >= 0.3 is 6.01 Å². The van der Waals surface area contributed by atoms with E-state index in [9.17, 15) is 4.39 Å². The van der Waals surface area contributed by atoms with Crippen molar-refractivity contribution in [2.45, 2.75) is 18.9 Å². The molecule has 1 atom stereocenters. The number of anilines is 2. The lowest BCUT2D eigenvalue weighted by molar-refractivity contribution is 0.0559. The van der Waals surface area contributed by atoms with Crippen LogP contribution in [0.1, 0.15) is 12.8 Å². The number of aromatic amines is 1. The van der Waals surface area contributed by atoms with E-state index in [2.05, 4.69) is 30.3 Å². The van der Waals surface area contributed by atoms with Crippen molar-refractivity contribution in [3.8, 4) is 11.8 Å². The summed E-state index contributed by atoms with van der Waals surface area (Å²) in [5.74, 6) is 0.834. The topological polar surface area (TPSA) is 122 Å². The van der Waals surface area contributed by atoms with E-state index in [1.165, 1.54) is 12.1 Å². The quantitative estimate of drug-likeness (QED) is 0.375. The first-order chi connectivity index (χ1) is 16.5. The third kappa shape index (κ3) is 2.70. The summed E-state index contributed by atoms with van der Waals surface area (Å²) < 4.78 is 22.1. The smallest absolute Gasteiger partial charge is 0.326 e. The maximum absolute atomic E-state index is 14.5. The Labute approximate surface area is 192 Å². The predicted octanol–water partition coefficient (Wildman–Crippen LogP) is 3.05. The molecule has 5 aromatic rings. The highest BCUT2D eigenvalue weighted by Crippen LogP contribution is 2.50. The standard InChI is InChI=1S/C23H22FN9O/c1-26-15-7-12(24)6-14-18-20(29-19(14)15)30-22(34-13-8-27-17-3-5-28-33(17)9-13)31-21(18)32-10-23(11-32)4-2-16(23)25/h3,5-9,16,26H,2,4,10-11,25H2,1H3,(H,29,30,31). The largest absolute Gasteiger partial charge is 0.421 e. The second-order valence-corrected chi connectivity index (χ2v) is 9.19. The Kier molecular flexibility index (Phi) is 3.87. The highest BCUT2D eigenvalue weighted by molar-refractivity contribution is 6.14. The number of aromatic nitrogens is 6. The maximum Gasteiger partial charge on any atom is 0.326 e. The molecule has 5 heterocycles. The Hall–Kier alpha value is -3.99. The molecule has 4 aromatic heterocycles. The van der Waals surface area contributed by atoms with Crippen molar-refractivity contribution in [1.29, 1.82) is 0 Å². The van der Waals surface area contributed by atoms with Crippen molar-refractivity contribution in [2.75, 3.05) is 30.4 Å². The number of nitrogens with one attached hydrogen (secondary N) is 2. The van der Waals surface area contributed by atoms with Crippen molar-refractivity contribution in [1.82, 2.24) is 29.5 Å². The molecular weight excluding hydrogens is 437 g/mol. The van der Waals surface area contributed by atoms with Crippen LogP contribution in [-0.2, 0) is 0 Å². The molecule has 0 bridgehead atoms.